The van der Waals surface area contributed by atoms with Crippen LogP contribution in [0.2, 0.25) is 0 Å². The number of carbonyl (C=O) groups excluding carboxylic acids is 2. The van der Waals surface area contributed by atoms with Crippen molar-refractivity contribution in [2.45, 2.75) is 6.92 Å². The first kappa shape index (κ1) is 12.6. The Kier molecular flexibility index (Phi) is 3.96. The summed E-state index contributed by atoms with van der Waals surface area (Å²) in [5.74, 6) is -1.81. The monoisotopic (exact) mass is 248 g/mol. The normalized spacial score (nSPS) is 15.9. The first-order valence-electron chi connectivity index (χ1n) is 4.58. The van der Waals surface area contributed by atoms with E-state index < -0.39 is 21.8 Å². The zero-order chi connectivity index (χ0) is 12.2. The van der Waals surface area contributed by atoms with Gasteiger partial charge in [-0.05, 0) is 0 Å². The molecule has 90 valence electrons. The van der Waals surface area contributed by atoms with Gasteiger partial charge in [-0.1, -0.05) is 6.92 Å². The van der Waals surface area contributed by atoms with Crippen molar-refractivity contribution in [2.24, 2.45) is 4.99 Å². The van der Waals surface area contributed by atoms with E-state index in [1.807, 2.05) is 0 Å². The van der Waals surface area contributed by atoms with Crippen molar-refractivity contribution >= 4 is 27.8 Å². The number of hydrogen-bond acceptors (Lipinski definition) is 5. The predicted octanol–water partition coefficient (Wildman–Crippen LogP) is -2.47. The number of amides is 2. The highest BCUT2D eigenvalue weighted by Gasteiger charge is 2.24. The Bertz CT molecular complexity index is 410. The zero-order valence-corrected chi connectivity index (χ0v) is 9.43. The summed E-state index contributed by atoms with van der Waals surface area (Å²) in [5, 5.41) is 4.31. The molecule has 1 rings (SSSR count). The summed E-state index contributed by atoms with van der Waals surface area (Å²) < 4.78 is 24.6. The predicted molar refractivity (Wildman–Crippen MR) is 56.1 cm³/mol. The molecule has 0 radical (unpaired) electrons. The van der Waals surface area contributed by atoms with E-state index in [4.69, 9.17) is 0 Å². The van der Waals surface area contributed by atoms with E-state index in [1.54, 1.807) is 6.92 Å². The minimum Gasteiger partial charge on any atom is -0.288 e. The van der Waals surface area contributed by atoms with E-state index in [9.17, 15) is 18.0 Å². The molecule has 1 fully saturated rings. The van der Waals surface area contributed by atoms with Crippen LogP contribution in [0.1, 0.15) is 6.92 Å². The molecular formula is C7H12N4O4S. The standard InChI is InChI=1S/C7H12N4O4S/c1-2-9-16(14,15)4-3-8-7-10-5(12)6(13)11-7/h9H,2-4H2,1H3,(H2,8,10,11,12,13). The number of nitrogens with one attached hydrogen (secondary N) is 3. The summed E-state index contributed by atoms with van der Waals surface area (Å²) in [6.07, 6.45) is 0. The third kappa shape index (κ3) is 3.59. The Morgan fingerprint density at radius 2 is 1.81 bits per heavy atom. The second-order valence-electron chi connectivity index (χ2n) is 2.96. The minimum atomic E-state index is -3.33. The van der Waals surface area contributed by atoms with Gasteiger partial charge >= 0.3 is 11.8 Å². The zero-order valence-electron chi connectivity index (χ0n) is 8.61. The van der Waals surface area contributed by atoms with Gasteiger partial charge in [0.05, 0.1) is 12.3 Å². The maximum absolute atomic E-state index is 11.2. The molecule has 1 saturated heterocycles. The molecule has 0 aromatic carbocycles. The van der Waals surface area contributed by atoms with Crippen molar-refractivity contribution in [2.75, 3.05) is 18.8 Å². The number of sulfonamides is 1. The molecule has 0 aromatic heterocycles. The van der Waals surface area contributed by atoms with Crippen molar-refractivity contribution in [3.05, 3.63) is 0 Å². The highest BCUT2D eigenvalue weighted by Crippen LogP contribution is 1.87. The van der Waals surface area contributed by atoms with Gasteiger partial charge < -0.3 is 0 Å². The first-order chi connectivity index (χ1) is 7.44. The average Bonchev–Trinajstić information content (AvgIpc) is 2.45. The Balaban J connectivity index is 2.44. The maximum atomic E-state index is 11.2. The van der Waals surface area contributed by atoms with Gasteiger partial charge in [0.25, 0.3) is 0 Å². The van der Waals surface area contributed by atoms with Crippen LogP contribution in [-0.2, 0) is 19.6 Å². The summed E-state index contributed by atoms with van der Waals surface area (Å²) >= 11 is 0. The van der Waals surface area contributed by atoms with Gasteiger partial charge in [0.15, 0.2) is 0 Å². The fourth-order valence-corrected chi connectivity index (χ4v) is 1.92. The minimum absolute atomic E-state index is 0.0123. The number of aliphatic imine (C=N–C) groups is 1. The number of hydrogen-bond donors (Lipinski definition) is 3. The molecule has 3 N–H and O–H groups in total. The molecular weight excluding hydrogens is 236 g/mol. The number of carbonyl (C=O) groups is 2. The molecule has 0 spiro atoms. The molecule has 16 heavy (non-hydrogen) atoms. The van der Waals surface area contributed by atoms with Crippen LogP contribution >= 0.6 is 0 Å². The van der Waals surface area contributed by atoms with Gasteiger partial charge in [-0.25, -0.2) is 13.1 Å². The van der Waals surface area contributed by atoms with Crippen LogP contribution in [0.5, 0.6) is 0 Å². The van der Waals surface area contributed by atoms with Crippen LogP contribution in [0.15, 0.2) is 4.99 Å². The summed E-state index contributed by atoms with van der Waals surface area (Å²) in [7, 11) is -3.33. The lowest BCUT2D eigenvalue weighted by molar-refractivity contribution is -0.135. The van der Waals surface area contributed by atoms with Gasteiger partial charge in [0.2, 0.25) is 16.0 Å². The number of nitrogens with zero attached hydrogens (tertiary/aromatic N) is 1. The second-order valence-corrected chi connectivity index (χ2v) is 4.88. The molecule has 0 unspecified atom stereocenters. The van der Waals surface area contributed by atoms with Crippen LogP contribution in [0.25, 0.3) is 0 Å². The highest BCUT2D eigenvalue weighted by molar-refractivity contribution is 7.89. The molecule has 8 nitrogen and oxygen atoms in total. The van der Waals surface area contributed by atoms with E-state index in [0.29, 0.717) is 6.54 Å². The van der Waals surface area contributed by atoms with Gasteiger partial charge in [-0.2, -0.15) is 0 Å². The van der Waals surface area contributed by atoms with Crippen molar-refractivity contribution in [1.29, 1.82) is 0 Å². The molecule has 0 bridgehead atoms. The molecule has 9 heteroatoms. The van der Waals surface area contributed by atoms with Crippen LogP contribution in [0.4, 0.5) is 0 Å². The average molecular weight is 248 g/mol. The lowest BCUT2D eigenvalue weighted by Gasteiger charge is -2.01. The Labute approximate surface area is 92.6 Å². The molecule has 1 heterocycles. The third-order valence-corrected chi connectivity index (χ3v) is 3.11. The van der Waals surface area contributed by atoms with Crippen molar-refractivity contribution < 1.29 is 18.0 Å². The van der Waals surface area contributed by atoms with Crippen molar-refractivity contribution in [3.8, 4) is 0 Å². The van der Waals surface area contributed by atoms with Gasteiger partial charge in [-0.15, -0.1) is 0 Å². The van der Waals surface area contributed by atoms with Crippen molar-refractivity contribution in [1.82, 2.24) is 15.4 Å². The largest absolute Gasteiger partial charge is 0.316 e. The van der Waals surface area contributed by atoms with Crippen LogP contribution in [0.3, 0.4) is 0 Å². The molecule has 0 aromatic rings. The van der Waals surface area contributed by atoms with E-state index >= 15 is 0 Å². The summed E-state index contributed by atoms with van der Waals surface area (Å²) in [6.45, 7) is 1.94. The van der Waals surface area contributed by atoms with Crippen molar-refractivity contribution in [3.63, 3.8) is 0 Å². The molecule has 0 aliphatic carbocycles. The van der Waals surface area contributed by atoms with E-state index in [0.717, 1.165) is 0 Å². The highest BCUT2D eigenvalue weighted by atomic mass is 32.2. The van der Waals surface area contributed by atoms with E-state index in [-0.39, 0.29) is 18.3 Å². The fourth-order valence-electron chi connectivity index (χ4n) is 1.01. The number of rotatable bonds is 5. The summed E-state index contributed by atoms with van der Waals surface area (Å²) in [6, 6.07) is 0. The Morgan fingerprint density at radius 3 is 2.31 bits per heavy atom. The van der Waals surface area contributed by atoms with Crippen LogP contribution in [0, 0.1) is 0 Å². The topological polar surface area (TPSA) is 117 Å². The second kappa shape index (κ2) is 5.03. The lowest BCUT2D eigenvalue weighted by atomic mass is 10.6. The first-order valence-corrected chi connectivity index (χ1v) is 6.24. The Hall–Kier alpha value is -1.48. The van der Waals surface area contributed by atoms with Crippen LogP contribution < -0.4 is 15.4 Å². The molecule has 2 amide bonds. The van der Waals surface area contributed by atoms with E-state index in [2.05, 4.69) is 20.3 Å². The lowest BCUT2D eigenvalue weighted by Crippen LogP contribution is -2.29. The smallest absolute Gasteiger partial charge is 0.288 e. The molecule has 0 saturated carbocycles. The molecule has 1 aliphatic heterocycles. The van der Waals surface area contributed by atoms with E-state index in [1.165, 1.54) is 0 Å². The maximum Gasteiger partial charge on any atom is 0.316 e. The van der Waals surface area contributed by atoms with Crippen LogP contribution in [-0.4, -0.2) is 45.0 Å². The number of guanidine groups is 1. The quantitative estimate of drug-likeness (QED) is 0.467. The fraction of sp³-hybridized carbons (Fsp3) is 0.571. The van der Waals surface area contributed by atoms with Gasteiger partial charge in [-0.3, -0.25) is 25.2 Å². The summed E-state index contributed by atoms with van der Waals surface area (Å²) in [5.41, 5.74) is 0. The SMILES string of the molecule is CCNS(=O)(=O)CCN=C1NC(=O)C(=O)N1. The molecule has 1 aliphatic rings. The van der Waals surface area contributed by atoms with Gasteiger partial charge in [0, 0.05) is 6.54 Å². The molecule has 0 atom stereocenters. The third-order valence-electron chi connectivity index (χ3n) is 1.66. The summed E-state index contributed by atoms with van der Waals surface area (Å²) in [4.78, 5) is 25.1. The Morgan fingerprint density at radius 1 is 1.25 bits per heavy atom. The van der Waals surface area contributed by atoms with Gasteiger partial charge in [0.1, 0.15) is 0 Å².